The molecule has 3 aromatic carbocycles. The molecule has 0 aliphatic carbocycles. The van der Waals surface area contributed by atoms with Crippen LogP contribution < -0.4 is 5.46 Å². The van der Waals surface area contributed by atoms with Crippen LogP contribution in [0.2, 0.25) is 0 Å². The standard InChI is InChI=1S/C20H22BNO2/c1-2-22(15-18-9-4-6-13-20(18)21(23)24)14-17-11-7-10-16-8-3-5-12-19(16)17/h3-13,23-24H,2,14-15H2,1H3. The first kappa shape index (κ1) is 16.7. The van der Waals surface area contributed by atoms with Crippen LogP contribution in [0, 0.1) is 0 Å². The van der Waals surface area contributed by atoms with Gasteiger partial charge in [-0.2, -0.15) is 0 Å². The highest BCUT2D eigenvalue weighted by atomic mass is 16.4. The van der Waals surface area contributed by atoms with Gasteiger partial charge in [-0.15, -0.1) is 0 Å². The quantitative estimate of drug-likeness (QED) is 0.686. The van der Waals surface area contributed by atoms with E-state index < -0.39 is 7.12 Å². The van der Waals surface area contributed by atoms with Gasteiger partial charge in [0, 0.05) is 13.1 Å². The molecule has 122 valence electrons. The van der Waals surface area contributed by atoms with Crippen LogP contribution in [0.25, 0.3) is 10.8 Å². The zero-order chi connectivity index (χ0) is 16.9. The van der Waals surface area contributed by atoms with Gasteiger partial charge in [0.25, 0.3) is 0 Å². The minimum absolute atomic E-state index is 0.578. The predicted octanol–water partition coefficient (Wildman–Crippen LogP) is 2.54. The van der Waals surface area contributed by atoms with E-state index in [1.54, 1.807) is 6.07 Å². The van der Waals surface area contributed by atoms with Gasteiger partial charge in [0.05, 0.1) is 0 Å². The summed E-state index contributed by atoms with van der Waals surface area (Å²) in [5.41, 5.74) is 2.82. The summed E-state index contributed by atoms with van der Waals surface area (Å²) in [5, 5.41) is 21.6. The molecule has 0 saturated carbocycles. The molecule has 0 spiro atoms. The van der Waals surface area contributed by atoms with Gasteiger partial charge in [0.2, 0.25) is 0 Å². The molecule has 0 aliphatic rings. The SMILES string of the molecule is CCN(Cc1ccccc1B(O)O)Cc1cccc2ccccc12. The highest BCUT2D eigenvalue weighted by Gasteiger charge is 2.17. The average Bonchev–Trinajstić information content (AvgIpc) is 2.61. The van der Waals surface area contributed by atoms with Crippen LogP contribution in [0.1, 0.15) is 18.1 Å². The molecular weight excluding hydrogens is 297 g/mol. The summed E-state index contributed by atoms with van der Waals surface area (Å²) in [6.07, 6.45) is 0. The first-order chi connectivity index (χ1) is 11.7. The molecule has 0 heterocycles. The molecule has 3 aromatic rings. The van der Waals surface area contributed by atoms with Crippen molar-refractivity contribution in [1.29, 1.82) is 0 Å². The van der Waals surface area contributed by atoms with Gasteiger partial charge >= 0.3 is 7.12 Å². The summed E-state index contributed by atoms with van der Waals surface area (Å²) < 4.78 is 0. The Hall–Kier alpha value is -2.14. The Morgan fingerprint density at radius 2 is 1.42 bits per heavy atom. The molecule has 0 bridgehead atoms. The fraction of sp³-hybridized carbons (Fsp3) is 0.200. The predicted molar refractivity (Wildman–Crippen MR) is 100 cm³/mol. The van der Waals surface area contributed by atoms with Crippen molar-refractivity contribution in [3.8, 4) is 0 Å². The Kier molecular flexibility index (Phi) is 5.31. The van der Waals surface area contributed by atoms with E-state index in [0.717, 1.165) is 18.7 Å². The molecule has 3 rings (SSSR count). The van der Waals surface area contributed by atoms with Crippen molar-refractivity contribution in [3.05, 3.63) is 77.9 Å². The number of benzene rings is 3. The van der Waals surface area contributed by atoms with Crippen molar-refractivity contribution in [1.82, 2.24) is 4.90 Å². The largest absolute Gasteiger partial charge is 0.488 e. The zero-order valence-corrected chi connectivity index (χ0v) is 13.9. The Bertz CT molecular complexity index is 814. The molecule has 0 aliphatic heterocycles. The molecule has 0 saturated heterocycles. The molecule has 3 nitrogen and oxygen atoms in total. The highest BCUT2D eigenvalue weighted by molar-refractivity contribution is 6.59. The fourth-order valence-corrected chi connectivity index (χ4v) is 3.12. The third-order valence-corrected chi connectivity index (χ3v) is 4.45. The second kappa shape index (κ2) is 7.62. The van der Waals surface area contributed by atoms with Gasteiger partial charge in [-0.3, -0.25) is 4.90 Å². The van der Waals surface area contributed by atoms with Crippen molar-refractivity contribution >= 4 is 23.4 Å². The smallest absolute Gasteiger partial charge is 0.423 e. The van der Waals surface area contributed by atoms with Crippen molar-refractivity contribution in [2.24, 2.45) is 0 Å². The molecule has 24 heavy (non-hydrogen) atoms. The van der Waals surface area contributed by atoms with Gasteiger partial charge in [-0.1, -0.05) is 73.7 Å². The molecule has 0 aromatic heterocycles. The Morgan fingerprint density at radius 1 is 0.792 bits per heavy atom. The average molecular weight is 319 g/mol. The van der Waals surface area contributed by atoms with E-state index in [1.807, 2.05) is 18.2 Å². The lowest BCUT2D eigenvalue weighted by Gasteiger charge is -2.23. The molecule has 0 atom stereocenters. The number of nitrogens with zero attached hydrogens (tertiary/aromatic N) is 1. The molecule has 0 fully saturated rings. The van der Waals surface area contributed by atoms with Crippen molar-refractivity contribution in [2.45, 2.75) is 20.0 Å². The minimum Gasteiger partial charge on any atom is -0.423 e. The molecular formula is C20H22BNO2. The normalized spacial score (nSPS) is 11.2. The minimum atomic E-state index is -1.43. The Balaban J connectivity index is 1.85. The van der Waals surface area contributed by atoms with Crippen molar-refractivity contribution < 1.29 is 10.0 Å². The van der Waals surface area contributed by atoms with Crippen LogP contribution in [-0.4, -0.2) is 28.6 Å². The number of hydrogen-bond acceptors (Lipinski definition) is 3. The monoisotopic (exact) mass is 319 g/mol. The maximum absolute atomic E-state index is 9.56. The summed E-state index contributed by atoms with van der Waals surface area (Å²) in [6.45, 7) is 4.53. The van der Waals surface area contributed by atoms with Crippen molar-refractivity contribution in [2.75, 3.05) is 6.54 Å². The maximum atomic E-state index is 9.56. The van der Waals surface area contributed by atoms with E-state index in [-0.39, 0.29) is 0 Å². The van der Waals surface area contributed by atoms with E-state index in [4.69, 9.17) is 0 Å². The summed E-state index contributed by atoms with van der Waals surface area (Å²) in [4.78, 5) is 2.31. The van der Waals surface area contributed by atoms with E-state index >= 15 is 0 Å². The first-order valence-electron chi connectivity index (χ1n) is 8.32. The second-order valence-electron chi connectivity index (χ2n) is 6.01. The lowest BCUT2D eigenvalue weighted by atomic mass is 9.77. The van der Waals surface area contributed by atoms with Gasteiger partial charge in [-0.05, 0) is 33.9 Å². The Morgan fingerprint density at radius 3 is 2.21 bits per heavy atom. The second-order valence-corrected chi connectivity index (χ2v) is 6.01. The molecule has 0 amide bonds. The zero-order valence-electron chi connectivity index (χ0n) is 13.9. The van der Waals surface area contributed by atoms with E-state index in [2.05, 4.69) is 54.3 Å². The van der Waals surface area contributed by atoms with Gasteiger partial charge in [-0.25, -0.2) is 0 Å². The van der Waals surface area contributed by atoms with Crippen LogP contribution in [0.3, 0.4) is 0 Å². The number of fused-ring (bicyclic) bond motifs is 1. The molecule has 2 N–H and O–H groups in total. The molecule has 4 heteroatoms. The first-order valence-corrected chi connectivity index (χ1v) is 8.32. The number of hydrogen-bond donors (Lipinski definition) is 2. The summed E-state index contributed by atoms with van der Waals surface area (Å²) in [7, 11) is -1.43. The van der Waals surface area contributed by atoms with Crippen molar-refractivity contribution in [3.63, 3.8) is 0 Å². The van der Waals surface area contributed by atoms with Gasteiger partial charge in [0.1, 0.15) is 0 Å². The van der Waals surface area contributed by atoms with Crippen LogP contribution in [0.15, 0.2) is 66.7 Å². The number of rotatable bonds is 6. The molecule has 0 unspecified atom stereocenters. The van der Waals surface area contributed by atoms with Gasteiger partial charge < -0.3 is 10.0 Å². The van der Waals surface area contributed by atoms with Crippen LogP contribution in [0.5, 0.6) is 0 Å². The summed E-state index contributed by atoms with van der Waals surface area (Å²) in [5.74, 6) is 0. The third kappa shape index (κ3) is 3.67. The summed E-state index contributed by atoms with van der Waals surface area (Å²) in [6, 6.07) is 22.3. The summed E-state index contributed by atoms with van der Waals surface area (Å²) >= 11 is 0. The lowest BCUT2D eigenvalue weighted by molar-refractivity contribution is 0.272. The van der Waals surface area contributed by atoms with E-state index in [0.29, 0.717) is 12.0 Å². The van der Waals surface area contributed by atoms with Crippen LogP contribution in [-0.2, 0) is 13.1 Å². The van der Waals surface area contributed by atoms with E-state index in [9.17, 15) is 10.0 Å². The van der Waals surface area contributed by atoms with E-state index in [1.165, 1.54) is 16.3 Å². The fourth-order valence-electron chi connectivity index (χ4n) is 3.12. The lowest BCUT2D eigenvalue weighted by Crippen LogP contribution is -2.35. The maximum Gasteiger partial charge on any atom is 0.488 e. The molecule has 0 radical (unpaired) electrons. The Labute approximate surface area is 143 Å². The van der Waals surface area contributed by atoms with Crippen LogP contribution in [0.4, 0.5) is 0 Å². The van der Waals surface area contributed by atoms with Gasteiger partial charge in [0.15, 0.2) is 0 Å². The van der Waals surface area contributed by atoms with Crippen LogP contribution >= 0.6 is 0 Å². The highest BCUT2D eigenvalue weighted by Crippen LogP contribution is 2.20. The topological polar surface area (TPSA) is 43.7 Å². The third-order valence-electron chi connectivity index (χ3n) is 4.45.